The Hall–Kier alpha value is -0.450. The summed E-state index contributed by atoms with van der Waals surface area (Å²) in [5.41, 5.74) is 11.6. The van der Waals surface area contributed by atoms with E-state index >= 15 is 0 Å². The predicted octanol–water partition coefficient (Wildman–Crippen LogP) is 0.0605. The molecule has 1 rings (SSSR count). The Morgan fingerprint density at radius 2 is 2.22 bits per heavy atom. The Bertz CT molecular complexity index is 166. The Morgan fingerprint density at radius 1 is 1.44 bits per heavy atom. The number of nitrogens with zero attached hydrogens (tertiary/aromatic N) is 1. The van der Waals surface area contributed by atoms with Crippen LogP contribution >= 0.6 is 11.3 Å². The maximum absolute atomic E-state index is 5.32. The van der Waals surface area contributed by atoms with E-state index < -0.39 is 0 Å². The first-order chi connectivity index (χ1) is 4.36. The van der Waals surface area contributed by atoms with Crippen LogP contribution in [0.2, 0.25) is 0 Å². The zero-order valence-corrected chi connectivity index (χ0v) is 5.82. The van der Waals surface area contributed by atoms with Gasteiger partial charge in [-0.25, -0.2) is 4.98 Å². The van der Waals surface area contributed by atoms with Crippen molar-refractivity contribution in [3.05, 3.63) is 16.1 Å². The lowest BCUT2D eigenvalue weighted by Gasteiger charge is -1.83. The summed E-state index contributed by atoms with van der Waals surface area (Å²) >= 11 is 1.56. The predicted molar refractivity (Wildman–Crippen MR) is 37.9 cm³/mol. The monoisotopic (exact) mass is 143 g/mol. The molecule has 9 heavy (non-hydrogen) atoms. The summed E-state index contributed by atoms with van der Waals surface area (Å²) < 4.78 is 0. The van der Waals surface area contributed by atoms with E-state index in [2.05, 4.69) is 4.98 Å². The molecular formula is C5H9N3S. The molecule has 50 valence electrons. The van der Waals surface area contributed by atoms with Crippen LogP contribution in [0.3, 0.4) is 0 Å². The van der Waals surface area contributed by atoms with Crippen molar-refractivity contribution in [3.63, 3.8) is 0 Å². The van der Waals surface area contributed by atoms with Crippen LogP contribution in [0.25, 0.3) is 0 Å². The van der Waals surface area contributed by atoms with Crippen molar-refractivity contribution in [1.29, 1.82) is 0 Å². The standard InChI is InChI=1S/C5H9N3S/c6-1-4-3-9-5(2-7)8-4/h3H,1-2,6-7H2. The maximum atomic E-state index is 5.32. The third-order valence-corrected chi connectivity index (χ3v) is 1.90. The van der Waals surface area contributed by atoms with Crippen LogP contribution in [0.5, 0.6) is 0 Å². The third kappa shape index (κ3) is 1.48. The van der Waals surface area contributed by atoms with Gasteiger partial charge in [0, 0.05) is 18.5 Å². The number of hydrogen-bond donors (Lipinski definition) is 2. The van der Waals surface area contributed by atoms with Crippen LogP contribution in [-0.2, 0) is 13.1 Å². The van der Waals surface area contributed by atoms with Crippen LogP contribution in [0, 0.1) is 0 Å². The van der Waals surface area contributed by atoms with Gasteiger partial charge >= 0.3 is 0 Å². The van der Waals surface area contributed by atoms with Gasteiger partial charge < -0.3 is 11.5 Å². The first kappa shape index (κ1) is 6.67. The van der Waals surface area contributed by atoms with Gasteiger partial charge in [0.1, 0.15) is 5.01 Å². The van der Waals surface area contributed by atoms with Crippen molar-refractivity contribution in [2.75, 3.05) is 0 Å². The molecule has 4 N–H and O–H groups in total. The molecule has 0 unspecified atom stereocenters. The van der Waals surface area contributed by atoms with E-state index in [4.69, 9.17) is 11.5 Å². The van der Waals surface area contributed by atoms with Crippen LogP contribution in [-0.4, -0.2) is 4.98 Å². The smallest absolute Gasteiger partial charge is 0.106 e. The first-order valence-corrected chi connectivity index (χ1v) is 3.58. The SMILES string of the molecule is NCc1csc(CN)n1. The molecule has 0 aliphatic carbocycles. The van der Waals surface area contributed by atoms with Crippen molar-refractivity contribution in [3.8, 4) is 0 Å². The van der Waals surface area contributed by atoms with Crippen molar-refractivity contribution < 1.29 is 0 Å². The molecule has 1 heterocycles. The van der Waals surface area contributed by atoms with Crippen LogP contribution in [0.15, 0.2) is 5.38 Å². The zero-order valence-electron chi connectivity index (χ0n) is 5.00. The van der Waals surface area contributed by atoms with Gasteiger partial charge in [-0.3, -0.25) is 0 Å². The fourth-order valence-electron chi connectivity index (χ4n) is 0.536. The largest absolute Gasteiger partial charge is 0.325 e. The summed E-state index contributed by atoms with van der Waals surface area (Å²) in [5, 5.41) is 2.89. The van der Waals surface area contributed by atoms with Gasteiger partial charge in [-0.15, -0.1) is 11.3 Å². The van der Waals surface area contributed by atoms with Gasteiger partial charge in [-0.05, 0) is 0 Å². The van der Waals surface area contributed by atoms with Gasteiger partial charge in [0.25, 0.3) is 0 Å². The van der Waals surface area contributed by atoms with Gasteiger partial charge in [0.2, 0.25) is 0 Å². The molecule has 3 nitrogen and oxygen atoms in total. The van der Waals surface area contributed by atoms with E-state index in [1.54, 1.807) is 11.3 Å². The highest BCUT2D eigenvalue weighted by atomic mass is 32.1. The van der Waals surface area contributed by atoms with Crippen LogP contribution in [0.4, 0.5) is 0 Å². The summed E-state index contributed by atoms with van der Waals surface area (Å²) in [5.74, 6) is 0. The fourth-order valence-corrected chi connectivity index (χ4v) is 1.22. The number of rotatable bonds is 2. The first-order valence-electron chi connectivity index (χ1n) is 2.70. The highest BCUT2D eigenvalue weighted by molar-refractivity contribution is 7.09. The van der Waals surface area contributed by atoms with Crippen molar-refractivity contribution in [2.24, 2.45) is 11.5 Å². The zero-order chi connectivity index (χ0) is 6.69. The average Bonchev–Trinajstić information content (AvgIpc) is 2.34. The quantitative estimate of drug-likeness (QED) is 0.615. The molecule has 1 aromatic rings. The Kier molecular flexibility index (Phi) is 2.16. The molecule has 0 amide bonds. The van der Waals surface area contributed by atoms with E-state index in [1.807, 2.05) is 5.38 Å². The lowest BCUT2D eigenvalue weighted by Crippen LogP contribution is -1.99. The average molecular weight is 143 g/mol. The van der Waals surface area contributed by atoms with Crippen LogP contribution in [0.1, 0.15) is 10.7 Å². The summed E-state index contributed by atoms with van der Waals surface area (Å²) in [7, 11) is 0. The minimum Gasteiger partial charge on any atom is -0.325 e. The molecule has 0 saturated heterocycles. The second kappa shape index (κ2) is 2.91. The molecule has 0 atom stereocenters. The molecule has 0 aromatic carbocycles. The van der Waals surface area contributed by atoms with Crippen molar-refractivity contribution >= 4 is 11.3 Å². The van der Waals surface area contributed by atoms with E-state index in [1.165, 1.54) is 0 Å². The molecule has 0 radical (unpaired) electrons. The topological polar surface area (TPSA) is 64.9 Å². The molecule has 0 bridgehead atoms. The lowest BCUT2D eigenvalue weighted by atomic mass is 10.5. The molecule has 0 saturated carbocycles. The van der Waals surface area contributed by atoms with E-state index in [9.17, 15) is 0 Å². The summed E-state index contributed by atoms with van der Waals surface area (Å²) in [6.07, 6.45) is 0. The van der Waals surface area contributed by atoms with Crippen LogP contribution < -0.4 is 11.5 Å². The Morgan fingerprint density at radius 3 is 2.56 bits per heavy atom. The van der Waals surface area contributed by atoms with Crippen molar-refractivity contribution in [2.45, 2.75) is 13.1 Å². The molecule has 1 aromatic heterocycles. The minimum absolute atomic E-state index is 0.510. The normalized spacial score (nSPS) is 10.0. The number of hydrogen-bond acceptors (Lipinski definition) is 4. The third-order valence-electron chi connectivity index (χ3n) is 0.983. The molecule has 4 heteroatoms. The van der Waals surface area contributed by atoms with Gasteiger partial charge in [-0.1, -0.05) is 0 Å². The fraction of sp³-hybridized carbons (Fsp3) is 0.400. The summed E-state index contributed by atoms with van der Waals surface area (Å²) in [6.45, 7) is 1.03. The van der Waals surface area contributed by atoms with Crippen molar-refractivity contribution in [1.82, 2.24) is 4.98 Å². The van der Waals surface area contributed by atoms with Gasteiger partial charge in [0.15, 0.2) is 0 Å². The van der Waals surface area contributed by atoms with E-state index in [0.29, 0.717) is 13.1 Å². The molecule has 0 aliphatic rings. The van der Waals surface area contributed by atoms with E-state index in [-0.39, 0.29) is 0 Å². The lowest BCUT2D eigenvalue weighted by molar-refractivity contribution is 0.958. The molecular weight excluding hydrogens is 134 g/mol. The molecule has 0 aliphatic heterocycles. The maximum Gasteiger partial charge on any atom is 0.106 e. The number of aromatic nitrogens is 1. The second-order valence-corrected chi connectivity index (χ2v) is 2.58. The Labute approximate surface area is 57.7 Å². The molecule has 0 fully saturated rings. The number of nitrogens with two attached hydrogens (primary N) is 2. The van der Waals surface area contributed by atoms with Gasteiger partial charge in [0.05, 0.1) is 5.69 Å². The van der Waals surface area contributed by atoms with E-state index in [0.717, 1.165) is 10.7 Å². The Balaban J connectivity index is 2.74. The summed E-state index contributed by atoms with van der Waals surface area (Å²) in [4.78, 5) is 4.12. The number of thiazole rings is 1. The summed E-state index contributed by atoms with van der Waals surface area (Å²) in [6, 6.07) is 0. The second-order valence-electron chi connectivity index (χ2n) is 1.64. The highest BCUT2D eigenvalue weighted by Crippen LogP contribution is 2.07. The minimum atomic E-state index is 0.510. The highest BCUT2D eigenvalue weighted by Gasteiger charge is 1.95. The van der Waals surface area contributed by atoms with Gasteiger partial charge in [-0.2, -0.15) is 0 Å². The molecule has 0 spiro atoms.